The second-order valence-electron chi connectivity index (χ2n) is 5.49. The summed E-state index contributed by atoms with van der Waals surface area (Å²) in [5.41, 5.74) is 0. The van der Waals surface area contributed by atoms with Crippen molar-refractivity contribution in [3.63, 3.8) is 0 Å². The highest BCUT2D eigenvalue weighted by atomic mass is 15.2. The first-order chi connectivity index (χ1) is 7.97. The van der Waals surface area contributed by atoms with Crippen LogP contribution in [0.5, 0.6) is 0 Å². The maximum Gasteiger partial charge on any atom is 0.0110 e. The molecular formula is C14H28N2. The van der Waals surface area contributed by atoms with Gasteiger partial charge >= 0.3 is 0 Å². The fourth-order valence-corrected chi connectivity index (χ4v) is 3.18. The van der Waals surface area contributed by atoms with Crippen molar-refractivity contribution in [2.45, 2.75) is 63.8 Å². The molecule has 0 spiro atoms. The van der Waals surface area contributed by atoms with Crippen molar-refractivity contribution in [3.8, 4) is 0 Å². The number of fused-ring (bicyclic) bond motifs is 1. The summed E-state index contributed by atoms with van der Waals surface area (Å²) in [5.74, 6) is 0. The Bertz CT molecular complexity index is 164. The van der Waals surface area contributed by atoms with Gasteiger partial charge in [-0.05, 0) is 32.4 Å². The van der Waals surface area contributed by atoms with Crippen LogP contribution in [-0.2, 0) is 0 Å². The molecule has 0 aromatic rings. The second kappa shape index (κ2) is 7.29. The van der Waals surface area contributed by atoms with Crippen LogP contribution in [0.15, 0.2) is 0 Å². The highest BCUT2D eigenvalue weighted by Crippen LogP contribution is 2.18. The highest BCUT2D eigenvalue weighted by Gasteiger charge is 2.19. The molecule has 2 heteroatoms. The molecule has 0 saturated carbocycles. The van der Waals surface area contributed by atoms with Gasteiger partial charge in [-0.2, -0.15) is 0 Å². The smallest absolute Gasteiger partial charge is 0.0110 e. The Labute approximate surface area is 101 Å². The molecule has 0 aromatic carbocycles. The lowest BCUT2D eigenvalue weighted by atomic mass is 10.0. The Hall–Kier alpha value is -0.0800. The van der Waals surface area contributed by atoms with Crippen molar-refractivity contribution in [1.82, 2.24) is 10.2 Å². The molecule has 2 nitrogen and oxygen atoms in total. The molecular weight excluding hydrogens is 196 g/mol. The van der Waals surface area contributed by atoms with E-state index in [-0.39, 0.29) is 0 Å². The molecule has 0 aliphatic carbocycles. The molecule has 2 aliphatic heterocycles. The van der Waals surface area contributed by atoms with Gasteiger partial charge in [0.15, 0.2) is 0 Å². The lowest BCUT2D eigenvalue weighted by Crippen LogP contribution is -2.37. The minimum absolute atomic E-state index is 0.882. The zero-order valence-corrected chi connectivity index (χ0v) is 10.7. The minimum Gasteiger partial charge on any atom is -0.315 e. The molecule has 0 aromatic heterocycles. The van der Waals surface area contributed by atoms with Crippen LogP contribution in [0.4, 0.5) is 0 Å². The minimum atomic E-state index is 0.882. The van der Waals surface area contributed by atoms with Gasteiger partial charge in [-0.25, -0.2) is 0 Å². The Morgan fingerprint density at radius 2 is 1.44 bits per heavy atom. The van der Waals surface area contributed by atoms with Crippen LogP contribution in [0.1, 0.15) is 57.8 Å². The molecule has 2 rings (SSSR count). The van der Waals surface area contributed by atoms with Crippen LogP contribution in [0.2, 0.25) is 0 Å². The number of nitrogens with zero attached hydrogens (tertiary/aromatic N) is 1. The third kappa shape index (κ3) is 4.06. The van der Waals surface area contributed by atoms with E-state index in [2.05, 4.69) is 10.2 Å². The van der Waals surface area contributed by atoms with Gasteiger partial charge in [0.1, 0.15) is 0 Å². The molecule has 0 amide bonds. The van der Waals surface area contributed by atoms with E-state index in [9.17, 15) is 0 Å². The van der Waals surface area contributed by atoms with E-state index < -0.39 is 0 Å². The SMILES string of the molecule is C1CCCCC2CCNCCN2CCCC1. The molecule has 2 heterocycles. The van der Waals surface area contributed by atoms with Crippen molar-refractivity contribution >= 4 is 0 Å². The first kappa shape index (κ1) is 12.4. The molecule has 0 bridgehead atoms. The van der Waals surface area contributed by atoms with Crippen LogP contribution < -0.4 is 5.32 Å². The van der Waals surface area contributed by atoms with Crippen molar-refractivity contribution in [3.05, 3.63) is 0 Å². The van der Waals surface area contributed by atoms with Crippen molar-refractivity contribution < 1.29 is 0 Å². The average molecular weight is 224 g/mol. The summed E-state index contributed by atoms with van der Waals surface area (Å²) in [4.78, 5) is 2.77. The van der Waals surface area contributed by atoms with Gasteiger partial charge in [0, 0.05) is 19.1 Å². The predicted octanol–water partition coefficient (Wildman–Crippen LogP) is 2.78. The third-order valence-corrected chi connectivity index (χ3v) is 4.23. The standard InChI is InChI=1S/C14H28N2/c1-2-4-6-8-14-9-10-15-11-13-16(14)12-7-5-3-1/h14-15H,1-13H2. The Morgan fingerprint density at radius 1 is 0.688 bits per heavy atom. The van der Waals surface area contributed by atoms with E-state index in [1.54, 1.807) is 0 Å². The highest BCUT2D eigenvalue weighted by molar-refractivity contribution is 4.77. The van der Waals surface area contributed by atoms with Gasteiger partial charge in [0.2, 0.25) is 0 Å². The predicted molar refractivity (Wildman–Crippen MR) is 69.8 cm³/mol. The molecule has 0 radical (unpaired) electrons. The van der Waals surface area contributed by atoms with E-state index in [1.165, 1.54) is 84.0 Å². The summed E-state index contributed by atoms with van der Waals surface area (Å²) in [6.07, 6.45) is 13.1. The number of hydrogen-bond donors (Lipinski definition) is 1. The van der Waals surface area contributed by atoms with E-state index in [0.717, 1.165) is 6.04 Å². The first-order valence-corrected chi connectivity index (χ1v) is 7.41. The van der Waals surface area contributed by atoms with Gasteiger partial charge in [-0.3, -0.25) is 4.90 Å². The summed E-state index contributed by atoms with van der Waals surface area (Å²) < 4.78 is 0. The van der Waals surface area contributed by atoms with Crippen LogP contribution in [0.25, 0.3) is 0 Å². The Kier molecular flexibility index (Phi) is 5.64. The quantitative estimate of drug-likeness (QED) is 0.680. The number of nitrogens with one attached hydrogen (secondary N) is 1. The zero-order chi connectivity index (χ0) is 11.1. The Balaban J connectivity index is 1.86. The summed E-state index contributed by atoms with van der Waals surface area (Å²) >= 11 is 0. The first-order valence-electron chi connectivity index (χ1n) is 7.41. The summed E-state index contributed by atoms with van der Waals surface area (Å²) in [7, 11) is 0. The summed E-state index contributed by atoms with van der Waals surface area (Å²) in [6, 6.07) is 0.882. The van der Waals surface area contributed by atoms with Gasteiger partial charge in [-0.15, -0.1) is 0 Å². The summed E-state index contributed by atoms with van der Waals surface area (Å²) in [6.45, 7) is 5.08. The van der Waals surface area contributed by atoms with Gasteiger partial charge in [0.25, 0.3) is 0 Å². The number of rotatable bonds is 0. The van der Waals surface area contributed by atoms with E-state index >= 15 is 0 Å². The van der Waals surface area contributed by atoms with Gasteiger partial charge < -0.3 is 5.32 Å². The largest absolute Gasteiger partial charge is 0.315 e. The Morgan fingerprint density at radius 3 is 2.31 bits per heavy atom. The van der Waals surface area contributed by atoms with E-state index in [1.807, 2.05) is 0 Å². The van der Waals surface area contributed by atoms with Crippen LogP contribution in [0.3, 0.4) is 0 Å². The number of hydrogen-bond acceptors (Lipinski definition) is 2. The lowest BCUT2D eigenvalue weighted by Gasteiger charge is -2.29. The fraction of sp³-hybridized carbons (Fsp3) is 1.00. The molecule has 2 fully saturated rings. The molecule has 2 aliphatic rings. The van der Waals surface area contributed by atoms with Gasteiger partial charge in [0.05, 0.1) is 0 Å². The van der Waals surface area contributed by atoms with Crippen molar-refractivity contribution in [1.29, 1.82) is 0 Å². The monoisotopic (exact) mass is 224 g/mol. The molecule has 1 unspecified atom stereocenters. The average Bonchev–Trinajstić information content (AvgIpc) is 2.53. The molecule has 2 saturated heterocycles. The van der Waals surface area contributed by atoms with Crippen LogP contribution in [-0.4, -0.2) is 37.1 Å². The molecule has 1 N–H and O–H groups in total. The lowest BCUT2D eigenvalue weighted by molar-refractivity contribution is 0.190. The maximum atomic E-state index is 3.55. The second-order valence-corrected chi connectivity index (χ2v) is 5.49. The van der Waals surface area contributed by atoms with E-state index in [0.29, 0.717) is 0 Å². The maximum absolute atomic E-state index is 3.55. The molecule has 1 atom stereocenters. The van der Waals surface area contributed by atoms with Crippen molar-refractivity contribution in [2.24, 2.45) is 0 Å². The normalized spacial score (nSPS) is 31.1. The van der Waals surface area contributed by atoms with Crippen LogP contribution in [0, 0.1) is 0 Å². The topological polar surface area (TPSA) is 15.3 Å². The van der Waals surface area contributed by atoms with Crippen LogP contribution >= 0.6 is 0 Å². The molecule has 16 heavy (non-hydrogen) atoms. The molecule has 94 valence electrons. The fourth-order valence-electron chi connectivity index (χ4n) is 3.18. The summed E-state index contributed by atoms with van der Waals surface area (Å²) in [5, 5.41) is 3.55. The zero-order valence-electron chi connectivity index (χ0n) is 10.7. The van der Waals surface area contributed by atoms with Gasteiger partial charge in [-0.1, -0.05) is 38.5 Å². The van der Waals surface area contributed by atoms with Crippen molar-refractivity contribution in [2.75, 3.05) is 26.2 Å². The van der Waals surface area contributed by atoms with E-state index in [4.69, 9.17) is 0 Å². The third-order valence-electron chi connectivity index (χ3n) is 4.23.